The van der Waals surface area contributed by atoms with Crippen molar-refractivity contribution in [3.05, 3.63) is 62.9 Å². The number of ether oxygens (including phenoxy) is 2. The lowest BCUT2D eigenvalue weighted by Crippen LogP contribution is -2.43. The second kappa shape index (κ2) is 15.9. The molecule has 10 nitrogen and oxygen atoms in total. The maximum absolute atomic E-state index is 12.6. The van der Waals surface area contributed by atoms with Crippen LogP contribution in [-0.2, 0) is 15.7 Å². The number of benzene rings is 2. The van der Waals surface area contributed by atoms with Crippen LogP contribution in [0.1, 0.15) is 70.1 Å². The molecule has 258 valence electrons. The highest BCUT2D eigenvalue weighted by Gasteiger charge is 2.39. The zero-order valence-corrected chi connectivity index (χ0v) is 30.6. The average Bonchev–Trinajstić information content (AvgIpc) is 3.02. The molecular formula is C35H51ClN4O6Si. The number of halogens is 1. The molecule has 0 unspecified atom stereocenters. The number of amides is 1. The fourth-order valence-electron chi connectivity index (χ4n) is 5.78. The van der Waals surface area contributed by atoms with Crippen LogP contribution in [0.15, 0.2) is 41.2 Å². The number of pyridine rings is 1. The zero-order chi connectivity index (χ0) is 34.4. The van der Waals surface area contributed by atoms with E-state index in [0.29, 0.717) is 54.3 Å². The van der Waals surface area contributed by atoms with Gasteiger partial charge in [0.05, 0.1) is 29.4 Å². The van der Waals surface area contributed by atoms with Gasteiger partial charge in [0.1, 0.15) is 18.1 Å². The first-order valence-electron chi connectivity index (χ1n) is 16.4. The monoisotopic (exact) mass is 686 g/mol. The molecule has 12 heteroatoms. The van der Waals surface area contributed by atoms with Crippen molar-refractivity contribution in [1.82, 2.24) is 15.2 Å². The second-order valence-electron chi connectivity index (χ2n) is 14.0. The van der Waals surface area contributed by atoms with Crippen molar-refractivity contribution in [3.8, 4) is 11.5 Å². The van der Waals surface area contributed by atoms with Crippen LogP contribution in [-0.4, -0.2) is 69.3 Å². The third-order valence-corrected chi connectivity index (χ3v) is 14.4. The van der Waals surface area contributed by atoms with Gasteiger partial charge < -0.3 is 34.2 Å². The highest BCUT2D eigenvalue weighted by molar-refractivity contribution is 6.74. The highest BCUT2D eigenvalue weighted by atomic mass is 35.5. The molecule has 1 aromatic heterocycles. The minimum absolute atomic E-state index is 0.00391. The number of H-pyrrole nitrogens is 1. The van der Waals surface area contributed by atoms with E-state index in [4.69, 9.17) is 25.5 Å². The van der Waals surface area contributed by atoms with Crippen molar-refractivity contribution in [2.75, 3.05) is 39.2 Å². The Morgan fingerprint density at radius 2 is 1.87 bits per heavy atom. The molecule has 4 N–H and O–H groups in total. The van der Waals surface area contributed by atoms with Crippen LogP contribution >= 0.6 is 11.6 Å². The number of hydrogen-bond acceptors (Lipinski definition) is 8. The summed E-state index contributed by atoms with van der Waals surface area (Å²) >= 11 is 6.62. The average molecular weight is 687 g/mol. The lowest BCUT2D eigenvalue weighted by molar-refractivity contribution is 0.123. The number of aromatic hydroxyl groups is 1. The molecule has 1 aliphatic carbocycles. The van der Waals surface area contributed by atoms with E-state index in [9.17, 15) is 14.7 Å². The van der Waals surface area contributed by atoms with Crippen LogP contribution < -0.4 is 20.9 Å². The number of anilines is 1. The van der Waals surface area contributed by atoms with Crippen LogP contribution in [0, 0.1) is 0 Å². The largest absolute Gasteiger partial charge is 0.506 e. The van der Waals surface area contributed by atoms with Crippen LogP contribution in [0.5, 0.6) is 11.5 Å². The molecule has 1 heterocycles. The van der Waals surface area contributed by atoms with Gasteiger partial charge in [-0.15, -0.1) is 0 Å². The van der Waals surface area contributed by atoms with Crippen LogP contribution in [0.3, 0.4) is 0 Å². The van der Waals surface area contributed by atoms with E-state index in [0.717, 1.165) is 16.5 Å². The Balaban J connectivity index is 1.44. The van der Waals surface area contributed by atoms with Crippen molar-refractivity contribution in [2.24, 2.45) is 0 Å². The number of phenols is 1. The highest BCUT2D eigenvalue weighted by Crippen LogP contribution is 2.41. The van der Waals surface area contributed by atoms with Gasteiger partial charge in [-0.25, -0.2) is 4.79 Å². The number of aromatic amines is 1. The number of nitrogens with one attached hydrogen (secondary N) is 3. The van der Waals surface area contributed by atoms with Crippen LogP contribution in [0.25, 0.3) is 10.9 Å². The SMILES string of the molecule is COc1cc(NC(=O)OCCN(C)C2CCCCC2)c(Cl)cc1CNC[C@H](O[Si](C)(C)C(C)(C)C)c1ccc(O)c2[nH]c(=O)ccc12. The molecule has 0 saturated heterocycles. The Morgan fingerprint density at radius 1 is 1.15 bits per heavy atom. The van der Waals surface area contributed by atoms with Gasteiger partial charge in [0.2, 0.25) is 5.56 Å². The van der Waals surface area contributed by atoms with E-state index < -0.39 is 14.4 Å². The second-order valence-corrected chi connectivity index (χ2v) is 19.1. The maximum atomic E-state index is 12.6. The lowest BCUT2D eigenvalue weighted by Gasteiger charge is -2.39. The summed E-state index contributed by atoms with van der Waals surface area (Å²) in [6.07, 6.45) is 5.26. The van der Waals surface area contributed by atoms with Crippen molar-refractivity contribution in [2.45, 2.75) is 89.7 Å². The summed E-state index contributed by atoms with van der Waals surface area (Å²) in [6, 6.07) is 10.6. The number of carbonyl (C=O) groups excluding carboxylic acids is 1. The molecule has 1 amide bonds. The first-order chi connectivity index (χ1) is 22.2. The Labute approximate surface area is 284 Å². The molecule has 3 aromatic rings. The quantitative estimate of drug-likeness (QED) is 0.136. The molecule has 1 saturated carbocycles. The Kier molecular flexibility index (Phi) is 12.4. The number of methoxy groups -OCH3 is 1. The van der Waals surface area contributed by atoms with Gasteiger partial charge in [-0.05, 0) is 61.8 Å². The van der Waals surface area contributed by atoms with E-state index >= 15 is 0 Å². The number of nitrogens with zero attached hydrogens (tertiary/aromatic N) is 1. The fraction of sp³-hybridized carbons (Fsp3) is 0.543. The third kappa shape index (κ3) is 9.51. The summed E-state index contributed by atoms with van der Waals surface area (Å²) in [6.45, 7) is 12.8. The van der Waals surface area contributed by atoms with Crippen LogP contribution in [0.2, 0.25) is 23.2 Å². The number of hydrogen-bond donors (Lipinski definition) is 4. The Hall–Kier alpha value is -3.09. The van der Waals surface area contributed by atoms with E-state index in [2.05, 4.69) is 61.4 Å². The predicted molar refractivity (Wildman–Crippen MR) is 191 cm³/mol. The van der Waals surface area contributed by atoms with E-state index in [1.807, 2.05) is 6.07 Å². The molecule has 0 radical (unpaired) electrons. The zero-order valence-electron chi connectivity index (χ0n) is 28.8. The number of fused-ring (bicyclic) bond motifs is 1. The van der Waals surface area contributed by atoms with Crippen molar-refractivity contribution < 1.29 is 23.8 Å². The van der Waals surface area contributed by atoms with Crippen molar-refractivity contribution >= 4 is 42.6 Å². The molecule has 2 aromatic carbocycles. The smallest absolute Gasteiger partial charge is 0.411 e. The summed E-state index contributed by atoms with van der Waals surface area (Å²) in [5.41, 5.74) is 2.16. The van der Waals surface area contributed by atoms with Gasteiger partial charge in [0.25, 0.3) is 0 Å². The van der Waals surface area contributed by atoms with Gasteiger partial charge in [-0.2, -0.15) is 0 Å². The molecule has 0 bridgehead atoms. The fourth-order valence-corrected chi connectivity index (χ4v) is 7.29. The summed E-state index contributed by atoms with van der Waals surface area (Å²) in [7, 11) is 1.42. The summed E-state index contributed by atoms with van der Waals surface area (Å²) in [5, 5.41) is 17.8. The normalized spacial score (nSPS) is 15.2. The van der Waals surface area contributed by atoms with Crippen LogP contribution in [0.4, 0.5) is 10.5 Å². The number of rotatable bonds is 13. The molecule has 47 heavy (non-hydrogen) atoms. The minimum Gasteiger partial charge on any atom is -0.506 e. The number of likely N-dealkylation sites (N-methyl/N-ethyl adjacent to an activating group) is 1. The van der Waals surface area contributed by atoms with Gasteiger partial charge in [-0.3, -0.25) is 10.1 Å². The predicted octanol–water partition coefficient (Wildman–Crippen LogP) is 7.56. The topological polar surface area (TPSA) is 125 Å². The summed E-state index contributed by atoms with van der Waals surface area (Å²) in [4.78, 5) is 29.7. The molecule has 0 spiro atoms. The first-order valence-corrected chi connectivity index (χ1v) is 19.7. The van der Waals surface area contributed by atoms with Gasteiger partial charge >= 0.3 is 6.09 Å². The minimum atomic E-state index is -2.24. The summed E-state index contributed by atoms with van der Waals surface area (Å²) < 4.78 is 18.0. The number of carbonyl (C=O) groups is 1. The van der Waals surface area contributed by atoms with E-state index in [-0.39, 0.29) is 22.5 Å². The molecule has 4 rings (SSSR count). The number of aromatic nitrogens is 1. The van der Waals surface area contributed by atoms with Crippen molar-refractivity contribution in [3.63, 3.8) is 0 Å². The summed E-state index contributed by atoms with van der Waals surface area (Å²) in [5.74, 6) is 0.563. The number of phenolic OH excluding ortho intramolecular Hbond substituents is 1. The molecule has 0 aliphatic heterocycles. The third-order valence-electron chi connectivity index (χ3n) is 9.62. The Morgan fingerprint density at radius 3 is 2.55 bits per heavy atom. The van der Waals surface area contributed by atoms with Gasteiger partial charge in [-0.1, -0.05) is 57.7 Å². The van der Waals surface area contributed by atoms with E-state index in [1.54, 1.807) is 31.4 Å². The standard InChI is InChI=1S/C35H51ClN4O6Si/c1-35(2,3)47(6,7)46-31(25-13-15-29(41)33-26(25)14-16-32(42)39-33)22-37-21-23-19-27(36)28(20-30(23)44-5)38-34(43)45-18-17-40(4)24-11-9-8-10-12-24/h13-16,19-20,24,31,37,41H,8-12,17-18,21-22H2,1-7H3,(H,38,43)(H,39,42)/t31-/m0/s1. The van der Waals surface area contributed by atoms with Gasteiger partial charge in [0, 0.05) is 48.8 Å². The van der Waals surface area contributed by atoms with Crippen molar-refractivity contribution in [1.29, 1.82) is 0 Å². The molecular weight excluding hydrogens is 636 g/mol. The molecule has 1 aliphatic rings. The van der Waals surface area contributed by atoms with E-state index in [1.165, 1.54) is 38.2 Å². The van der Waals surface area contributed by atoms with Gasteiger partial charge in [0.15, 0.2) is 8.32 Å². The first kappa shape index (κ1) is 36.7. The molecule has 1 atom stereocenters. The lowest BCUT2D eigenvalue weighted by atomic mass is 9.94. The maximum Gasteiger partial charge on any atom is 0.411 e. The Bertz CT molecular complexity index is 1580. The molecule has 1 fully saturated rings.